The number of aryl methyl sites for hydroxylation is 2. The Morgan fingerprint density at radius 1 is 1.21 bits per heavy atom. The second-order valence-electron chi connectivity index (χ2n) is 4.71. The minimum absolute atomic E-state index is 0.188. The van der Waals surface area contributed by atoms with E-state index in [2.05, 4.69) is 10.8 Å². The third kappa shape index (κ3) is 4.84. The van der Waals surface area contributed by atoms with Crippen molar-refractivity contribution < 1.29 is 13.2 Å². The highest BCUT2D eigenvalue weighted by Gasteiger charge is 2.09. The van der Waals surface area contributed by atoms with Gasteiger partial charge in [-0.25, -0.2) is 13.1 Å². The van der Waals surface area contributed by atoms with E-state index in [0.717, 1.165) is 22.4 Å². The molecule has 0 atom stereocenters. The van der Waals surface area contributed by atoms with Gasteiger partial charge in [0.1, 0.15) is 5.75 Å². The fourth-order valence-electron chi connectivity index (χ4n) is 2.02. The quantitative estimate of drug-likeness (QED) is 0.835. The zero-order chi connectivity index (χ0) is 14.5. The lowest BCUT2D eigenvalue weighted by molar-refractivity contribution is 0.411. The molecular formula is C14H23NO3S. The first-order valence-corrected chi connectivity index (χ1v) is 8.16. The van der Waals surface area contributed by atoms with Gasteiger partial charge in [-0.15, -0.1) is 0 Å². The van der Waals surface area contributed by atoms with Crippen LogP contribution in [0.1, 0.15) is 30.0 Å². The Labute approximate surface area is 116 Å². The number of methoxy groups -OCH3 is 1. The number of hydrogen-bond acceptors (Lipinski definition) is 3. The largest absolute Gasteiger partial charge is 0.496 e. The number of hydrogen-bond donors (Lipinski definition) is 1. The van der Waals surface area contributed by atoms with Gasteiger partial charge in [-0.2, -0.15) is 0 Å². The van der Waals surface area contributed by atoms with Crippen molar-refractivity contribution in [2.45, 2.75) is 33.6 Å². The van der Waals surface area contributed by atoms with Crippen molar-refractivity contribution in [2.24, 2.45) is 0 Å². The minimum Gasteiger partial charge on any atom is -0.496 e. The smallest absolute Gasteiger partial charge is 0.211 e. The van der Waals surface area contributed by atoms with E-state index in [-0.39, 0.29) is 5.75 Å². The molecule has 1 aromatic carbocycles. The van der Waals surface area contributed by atoms with Crippen molar-refractivity contribution >= 4 is 10.0 Å². The number of sulfonamides is 1. The average Bonchev–Trinajstić information content (AvgIpc) is 2.32. The molecule has 108 valence electrons. The SMILES string of the molecule is CCCS(=O)(=O)NCCc1cc(C)c(OC)cc1C. The average molecular weight is 285 g/mol. The summed E-state index contributed by atoms with van der Waals surface area (Å²) < 4.78 is 31.0. The summed E-state index contributed by atoms with van der Waals surface area (Å²) >= 11 is 0. The third-order valence-corrected chi connectivity index (χ3v) is 4.63. The van der Waals surface area contributed by atoms with Crippen molar-refractivity contribution in [2.75, 3.05) is 19.4 Å². The second-order valence-corrected chi connectivity index (χ2v) is 6.64. The van der Waals surface area contributed by atoms with Crippen LogP contribution in [-0.4, -0.2) is 27.8 Å². The molecule has 0 aliphatic rings. The Bertz CT molecular complexity index is 524. The molecule has 0 fully saturated rings. The van der Waals surface area contributed by atoms with E-state index in [0.29, 0.717) is 19.4 Å². The lowest BCUT2D eigenvalue weighted by Crippen LogP contribution is -2.28. The minimum atomic E-state index is -3.11. The lowest BCUT2D eigenvalue weighted by atomic mass is 10.0. The molecule has 19 heavy (non-hydrogen) atoms. The molecule has 0 aliphatic heterocycles. The summed E-state index contributed by atoms with van der Waals surface area (Å²) in [6, 6.07) is 4.05. The summed E-state index contributed by atoms with van der Waals surface area (Å²) in [5.41, 5.74) is 3.34. The van der Waals surface area contributed by atoms with Gasteiger partial charge >= 0.3 is 0 Å². The van der Waals surface area contributed by atoms with Gasteiger partial charge in [0.15, 0.2) is 0 Å². The van der Waals surface area contributed by atoms with Crippen LogP contribution in [0, 0.1) is 13.8 Å². The van der Waals surface area contributed by atoms with Crippen LogP contribution in [0.2, 0.25) is 0 Å². The van der Waals surface area contributed by atoms with Gasteiger partial charge in [-0.3, -0.25) is 0 Å². The summed E-state index contributed by atoms with van der Waals surface area (Å²) in [6.45, 7) is 6.30. The number of benzene rings is 1. The molecule has 0 saturated carbocycles. The first kappa shape index (κ1) is 16.0. The van der Waals surface area contributed by atoms with Gasteiger partial charge in [0.2, 0.25) is 10.0 Å². The Kier molecular flexibility index (Phi) is 5.82. The highest BCUT2D eigenvalue weighted by Crippen LogP contribution is 2.22. The second kappa shape index (κ2) is 6.91. The predicted octanol–water partition coefficient (Wildman–Crippen LogP) is 2.18. The molecule has 1 aromatic rings. The Balaban J connectivity index is 2.66. The molecule has 1 rings (SSSR count). The maximum atomic E-state index is 11.5. The Hall–Kier alpha value is -1.07. The highest BCUT2D eigenvalue weighted by molar-refractivity contribution is 7.89. The molecule has 0 bridgehead atoms. The molecule has 5 heteroatoms. The lowest BCUT2D eigenvalue weighted by Gasteiger charge is -2.12. The summed E-state index contributed by atoms with van der Waals surface area (Å²) in [6.07, 6.45) is 1.33. The van der Waals surface area contributed by atoms with E-state index in [1.807, 2.05) is 26.8 Å². The highest BCUT2D eigenvalue weighted by atomic mass is 32.2. The van der Waals surface area contributed by atoms with E-state index in [4.69, 9.17) is 4.74 Å². The van der Waals surface area contributed by atoms with E-state index < -0.39 is 10.0 Å². The predicted molar refractivity (Wildman–Crippen MR) is 78.3 cm³/mol. The van der Waals surface area contributed by atoms with Crippen LogP contribution >= 0.6 is 0 Å². The van der Waals surface area contributed by atoms with Gasteiger partial charge in [-0.1, -0.05) is 13.0 Å². The molecule has 0 aliphatic carbocycles. The fraction of sp³-hybridized carbons (Fsp3) is 0.571. The van der Waals surface area contributed by atoms with Gasteiger partial charge in [0.05, 0.1) is 12.9 Å². The zero-order valence-corrected chi connectivity index (χ0v) is 12.9. The van der Waals surface area contributed by atoms with Crippen LogP contribution in [0.4, 0.5) is 0 Å². The Morgan fingerprint density at radius 3 is 2.47 bits per heavy atom. The third-order valence-electron chi connectivity index (χ3n) is 3.04. The maximum Gasteiger partial charge on any atom is 0.211 e. The van der Waals surface area contributed by atoms with Crippen molar-refractivity contribution in [1.29, 1.82) is 0 Å². The van der Waals surface area contributed by atoms with Crippen LogP contribution in [0.5, 0.6) is 5.75 Å². The molecule has 0 amide bonds. The van der Waals surface area contributed by atoms with E-state index in [1.165, 1.54) is 0 Å². The summed E-state index contributed by atoms with van der Waals surface area (Å²) in [7, 11) is -1.46. The number of rotatable bonds is 7. The molecule has 0 unspecified atom stereocenters. The molecule has 0 radical (unpaired) electrons. The van der Waals surface area contributed by atoms with Crippen molar-refractivity contribution in [3.8, 4) is 5.75 Å². The molecule has 0 heterocycles. The fourth-order valence-corrected chi connectivity index (χ4v) is 3.12. The standard InChI is InChI=1S/C14H23NO3S/c1-5-8-19(16,17)15-7-6-13-9-12(3)14(18-4)10-11(13)2/h9-10,15H,5-8H2,1-4H3. The van der Waals surface area contributed by atoms with Crippen molar-refractivity contribution in [3.05, 3.63) is 28.8 Å². The maximum absolute atomic E-state index is 11.5. The van der Waals surface area contributed by atoms with Gasteiger partial charge in [0.25, 0.3) is 0 Å². The van der Waals surface area contributed by atoms with Crippen molar-refractivity contribution in [1.82, 2.24) is 4.72 Å². The van der Waals surface area contributed by atoms with E-state index in [1.54, 1.807) is 7.11 Å². The van der Waals surface area contributed by atoms with Crippen LogP contribution in [0.15, 0.2) is 12.1 Å². The summed E-state index contributed by atoms with van der Waals surface area (Å²) in [4.78, 5) is 0. The molecule has 0 aromatic heterocycles. The molecule has 4 nitrogen and oxygen atoms in total. The summed E-state index contributed by atoms with van der Waals surface area (Å²) in [5.74, 6) is 1.06. The van der Waals surface area contributed by atoms with Crippen LogP contribution in [0.3, 0.4) is 0 Å². The molecule has 1 N–H and O–H groups in total. The number of ether oxygens (including phenoxy) is 1. The zero-order valence-electron chi connectivity index (χ0n) is 12.1. The van der Waals surface area contributed by atoms with Crippen molar-refractivity contribution in [3.63, 3.8) is 0 Å². The first-order chi connectivity index (χ1) is 8.89. The summed E-state index contributed by atoms with van der Waals surface area (Å²) in [5, 5.41) is 0. The van der Waals surface area contributed by atoms with Crippen LogP contribution in [-0.2, 0) is 16.4 Å². The van der Waals surface area contributed by atoms with Gasteiger partial charge < -0.3 is 4.74 Å². The van der Waals surface area contributed by atoms with E-state index >= 15 is 0 Å². The Morgan fingerprint density at radius 2 is 1.89 bits per heavy atom. The molecule has 0 saturated heterocycles. The van der Waals surface area contributed by atoms with Gasteiger partial charge in [-0.05, 0) is 49.4 Å². The normalized spacial score (nSPS) is 11.6. The molecule has 0 spiro atoms. The van der Waals surface area contributed by atoms with Crippen LogP contribution in [0.25, 0.3) is 0 Å². The molecular weight excluding hydrogens is 262 g/mol. The first-order valence-electron chi connectivity index (χ1n) is 6.51. The topological polar surface area (TPSA) is 55.4 Å². The monoisotopic (exact) mass is 285 g/mol. The number of nitrogens with one attached hydrogen (secondary N) is 1. The van der Waals surface area contributed by atoms with Gasteiger partial charge in [0, 0.05) is 6.54 Å². The van der Waals surface area contributed by atoms with Crippen LogP contribution < -0.4 is 9.46 Å². The van der Waals surface area contributed by atoms with E-state index in [9.17, 15) is 8.42 Å².